The van der Waals surface area contributed by atoms with Crippen LogP contribution in [-0.2, 0) is 4.79 Å². The fraction of sp³-hybridized carbons (Fsp3) is 0.778. The van der Waals surface area contributed by atoms with Crippen molar-refractivity contribution in [2.75, 3.05) is 20.6 Å². The molecule has 6 heteroatoms. The van der Waals surface area contributed by atoms with Crippen LogP contribution >= 0.6 is 0 Å². The van der Waals surface area contributed by atoms with Gasteiger partial charge in [-0.15, -0.1) is 0 Å². The molecule has 0 radical (unpaired) electrons. The molecule has 0 spiro atoms. The molecule has 0 aliphatic rings. The van der Waals surface area contributed by atoms with Crippen molar-refractivity contribution >= 4 is 11.9 Å². The molecule has 15 heavy (non-hydrogen) atoms. The SMILES string of the molecule is CN=C(N)NCCCCC(NC)C(=O)O. The van der Waals surface area contributed by atoms with Crippen LogP contribution in [0.4, 0.5) is 0 Å². The Balaban J connectivity index is 3.49. The van der Waals surface area contributed by atoms with Crippen LogP contribution < -0.4 is 16.4 Å². The molecule has 0 fully saturated rings. The number of hydrogen-bond acceptors (Lipinski definition) is 3. The predicted octanol–water partition coefficient (Wildman–Crippen LogP) is -0.637. The molecule has 6 nitrogen and oxygen atoms in total. The molecule has 0 heterocycles. The minimum absolute atomic E-state index is 0.415. The summed E-state index contributed by atoms with van der Waals surface area (Å²) in [5.74, 6) is -0.390. The highest BCUT2D eigenvalue weighted by atomic mass is 16.4. The fourth-order valence-electron chi connectivity index (χ4n) is 1.16. The molecule has 0 aromatic rings. The van der Waals surface area contributed by atoms with E-state index in [0.717, 1.165) is 19.4 Å². The summed E-state index contributed by atoms with van der Waals surface area (Å²) in [6.45, 7) is 0.721. The number of nitrogens with one attached hydrogen (secondary N) is 2. The van der Waals surface area contributed by atoms with E-state index in [2.05, 4.69) is 15.6 Å². The Bertz CT molecular complexity index is 218. The second kappa shape index (κ2) is 8.05. The summed E-state index contributed by atoms with van der Waals surface area (Å²) in [6, 6.07) is -0.456. The number of nitrogens with two attached hydrogens (primary N) is 1. The van der Waals surface area contributed by atoms with E-state index in [1.165, 1.54) is 0 Å². The molecule has 0 aliphatic heterocycles. The largest absolute Gasteiger partial charge is 0.480 e. The zero-order valence-corrected chi connectivity index (χ0v) is 9.29. The smallest absolute Gasteiger partial charge is 0.320 e. The van der Waals surface area contributed by atoms with Crippen molar-refractivity contribution in [1.29, 1.82) is 0 Å². The Kier molecular flexibility index (Phi) is 7.35. The number of aliphatic imine (C=N–C) groups is 1. The molecule has 5 N–H and O–H groups in total. The van der Waals surface area contributed by atoms with Crippen LogP contribution in [0.15, 0.2) is 4.99 Å². The number of carboxylic acid groups (broad SMARTS) is 1. The Labute approximate surface area is 89.9 Å². The highest BCUT2D eigenvalue weighted by molar-refractivity contribution is 5.77. The summed E-state index contributed by atoms with van der Waals surface area (Å²) in [6.07, 6.45) is 2.33. The van der Waals surface area contributed by atoms with Crippen LogP contribution in [0.2, 0.25) is 0 Å². The first-order valence-corrected chi connectivity index (χ1v) is 4.98. The molecule has 0 saturated carbocycles. The maximum atomic E-state index is 10.6. The molecular formula is C9H20N4O2. The lowest BCUT2D eigenvalue weighted by Gasteiger charge is -2.10. The van der Waals surface area contributed by atoms with Gasteiger partial charge in [0.1, 0.15) is 6.04 Å². The molecule has 0 aromatic carbocycles. The standard InChI is InChI=1S/C9H20N4O2/c1-11-7(8(14)15)5-3-4-6-13-9(10)12-2/h7,11H,3-6H2,1-2H3,(H,14,15)(H3,10,12,13). The lowest BCUT2D eigenvalue weighted by molar-refractivity contribution is -0.139. The third-order valence-corrected chi connectivity index (χ3v) is 2.11. The minimum atomic E-state index is -0.805. The van der Waals surface area contributed by atoms with E-state index in [-0.39, 0.29) is 0 Å². The van der Waals surface area contributed by atoms with Crippen molar-refractivity contribution < 1.29 is 9.90 Å². The second-order valence-corrected chi connectivity index (χ2v) is 3.21. The number of rotatable bonds is 7. The van der Waals surface area contributed by atoms with E-state index in [9.17, 15) is 4.79 Å². The first-order chi connectivity index (χ1) is 7.11. The average molecular weight is 216 g/mol. The van der Waals surface area contributed by atoms with Crippen molar-refractivity contribution in [2.24, 2.45) is 10.7 Å². The molecule has 1 atom stereocenters. The number of nitrogens with zero attached hydrogens (tertiary/aromatic N) is 1. The maximum absolute atomic E-state index is 10.6. The van der Waals surface area contributed by atoms with Crippen LogP contribution in [0, 0.1) is 0 Å². The lowest BCUT2D eigenvalue weighted by Crippen LogP contribution is -2.34. The molecule has 0 rings (SSSR count). The lowest BCUT2D eigenvalue weighted by atomic mass is 10.1. The molecule has 0 saturated heterocycles. The second-order valence-electron chi connectivity index (χ2n) is 3.21. The van der Waals surface area contributed by atoms with Crippen LogP contribution in [0.25, 0.3) is 0 Å². The minimum Gasteiger partial charge on any atom is -0.480 e. The zero-order chi connectivity index (χ0) is 11.7. The highest BCUT2D eigenvalue weighted by Crippen LogP contribution is 1.99. The number of carboxylic acids is 1. The van der Waals surface area contributed by atoms with Crippen LogP contribution in [0.5, 0.6) is 0 Å². The van der Waals surface area contributed by atoms with Crippen LogP contribution in [0.3, 0.4) is 0 Å². The first kappa shape index (κ1) is 13.7. The summed E-state index contributed by atoms with van der Waals surface area (Å²) in [4.78, 5) is 14.4. The maximum Gasteiger partial charge on any atom is 0.320 e. The Morgan fingerprint density at radius 2 is 2.20 bits per heavy atom. The van der Waals surface area contributed by atoms with Crippen molar-refractivity contribution in [1.82, 2.24) is 10.6 Å². The predicted molar refractivity (Wildman–Crippen MR) is 59.9 cm³/mol. The van der Waals surface area contributed by atoms with E-state index in [4.69, 9.17) is 10.8 Å². The van der Waals surface area contributed by atoms with Gasteiger partial charge < -0.3 is 21.5 Å². The van der Waals surface area contributed by atoms with Crippen molar-refractivity contribution in [2.45, 2.75) is 25.3 Å². The van der Waals surface area contributed by atoms with Gasteiger partial charge in [0.15, 0.2) is 5.96 Å². The highest BCUT2D eigenvalue weighted by Gasteiger charge is 2.13. The fourth-order valence-corrected chi connectivity index (χ4v) is 1.16. The van der Waals surface area contributed by atoms with Crippen LogP contribution in [-0.4, -0.2) is 43.7 Å². The third kappa shape index (κ3) is 6.73. The van der Waals surface area contributed by atoms with Crippen molar-refractivity contribution in [3.8, 4) is 0 Å². The molecular weight excluding hydrogens is 196 g/mol. The molecule has 88 valence electrons. The average Bonchev–Trinajstić information content (AvgIpc) is 2.22. The van der Waals surface area contributed by atoms with Gasteiger partial charge in [0.2, 0.25) is 0 Å². The number of hydrogen-bond donors (Lipinski definition) is 4. The van der Waals surface area contributed by atoms with Crippen molar-refractivity contribution in [3.63, 3.8) is 0 Å². The Morgan fingerprint density at radius 1 is 1.53 bits per heavy atom. The summed E-state index contributed by atoms with van der Waals surface area (Å²) in [5.41, 5.74) is 5.42. The monoisotopic (exact) mass is 216 g/mol. The number of guanidine groups is 1. The van der Waals surface area contributed by atoms with Gasteiger partial charge in [0.25, 0.3) is 0 Å². The summed E-state index contributed by atoms with van der Waals surface area (Å²) >= 11 is 0. The summed E-state index contributed by atoms with van der Waals surface area (Å²) < 4.78 is 0. The van der Waals surface area contributed by atoms with Gasteiger partial charge in [0.05, 0.1) is 0 Å². The molecule has 1 unspecified atom stereocenters. The van der Waals surface area contributed by atoms with Gasteiger partial charge in [-0.1, -0.05) is 0 Å². The van der Waals surface area contributed by atoms with Gasteiger partial charge in [0, 0.05) is 13.6 Å². The van der Waals surface area contributed by atoms with Gasteiger partial charge in [-0.25, -0.2) is 0 Å². The number of likely N-dealkylation sites (N-methyl/N-ethyl adjacent to an activating group) is 1. The third-order valence-electron chi connectivity index (χ3n) is 2.11. The van der Waals surface area contributed by atoms with E-state index in [0.29, 0.717) is 12.4 Å². The van der Waals surface area contributed by atoms with E-state index < -0.39 is 12.0 Å². The van der Waals surface area contributed by atoms with Crippen molar-refractivity contribution in [3.05, 3.63) is 0 Å². The zero-order valence-electron chi connectivity index (χ0n) is 9.29. The van der Waals surface area contributed by atoms with Crippen LogP contribution in [0.1, 0.15) is 19.3 Å². The van der Waals surface area contributed by atoms with Gasteiger partial charge in [-0.2, -0.15) is 0 Å². The number of carbonyl (C=O) groups is 1. The van der Waals surface area contributed by atoms with Gasteiger partial charge in [-0.3, -0.25) is 9.79 Å². The quantitative estimate of drug-likeness (QED) is 0.258. The number of aliphatic carboxylic acids is 1. The topological polar surface area (TPSA) is 99.7 Å². The van der Waals surface area contributed by atoms with E-state index in [1.807, 2.05) is 0 Å². The normalized spacial score (nSPS) is 13.6. The van der Waals surface area contributed by atoms with Gasteiger partial charge >= 0.3 is 5.97 Å². The first-order valence-electron chi connectivity index (χ1n) is 4.98. The Morgan fingerprint density at radius 3 is 2.67 bits per heavy atom. The molecule has 0 amide bonds. The summed E-state index contributed by atoms with van der Waals surface area (Å²) in [5, 5.41) is 14.4. The van der Waals surface area contributed by atoms with E-state index >= 15 is 0 Å². The van der Waals surface area contributed by atoms with Gasteiger partial charge in [-0.05, 0) is 26.3 Å². The summed E-state index contributed by atoms with van der Waals surface area (Å²) in [7, 11) is 3.27. The Hall–Kier alpha value is -1.30. The number of unbranched alkanes of at least 4 members (excludes halogenated alkanes) is 1. The molecule has 0 bridgehead atoms. The molecule has 0 aromatic heterocycles. The van der Waals surface area contributed by atoms with E-state index in [1.54, 1.807) is 14.1 Å². The molecule has 0 aliphatic carbocycles.